The molecule has 49 heavy (non-hydrogen) atoms. The summed E-state index contributed by atoms with van der Waals surface area (Å²) in [5.74, 6) is 0. The Bertz CT molecular complexity index is 509. The van der Waals surface area contributed by atoms with Crippen LogP contribution < -0.4 is 0 Å². The maximum atomic E-state index is 6.91. The average Bonchev–Trinajstić information content (AvgIpc) is 3.11. The molecule has 0 aromatic carbocycles. The lowest BCUT2D eigenvalue weighted by Crippen LogP contribution is -2.23. The molecule has 296 valence electrons. The Balaban J connectivity index is 3.85. The molecule has 0 rings (SSSR count). The normalized spacial score (nSPS) is 13.0. The highest BCUT2D eigenvalue weighted by molar-refractivity contribution is 4.66. The predicted octanol–water partition coefficient (Wildman–Crippen LogP) is 18.2. The smallest absolute Gasteiger partial charge is 0.0578 e. The van der Waals surface area contributed by atoms with Crippen molar-refractivity contribution in [3.63, 3.8) is 0 Å². The van der Waals surface area contributed by atoms with Crippen LogP contribution in [0.5, 0.6) is 0 Å². The SMILES string of the molecule is CCCCCCCCCCCCCCCCCCCC(CCCC)OC(CCCC)CCCCCCCCCCCCCCCCCCC. The van der Waals surface area contributed by atoms with Gasteiger partial charge in [-0.05, 0) is 25.7 Å². The summed E-state index contributed by atoms with van der Waals surface area (Å²) in [6, 6.07) is 0. The van der Waals surface area contributed by atoms with Crippen LogP contribution >= 0.6 is 0 Å². The van der Waals surface area contributed by atoms with E-state index in [1.807, 2.05) is 0 Å². The number of hydrogen-bond donors (Lipinski definition) is 0. The molecule has 0 heterocycles. The maximum absolute atomic E-state index is 6.91. The summed E-state index contributed by atoms with van der Waals surface area (Å²) >= 11 is 0. The van der Waals surface area contributed by atoms with Gasteiger partial charge >= 0.3 is 0 Å². The highest BCUT2D eigenvalue weighted by Crippen LogP contribution is 2.23. The van der Waals surface area contributed by atoms with Gasteiger partial charge in [0.25, 0.3) is 0 Å². The molecular formula is C48H98O. The molecule has 0 aromatic heterocycles. The van der Waals surface area contributed by atoms with Crippen molar-refractivity contribution in [3.8, 4) is 0 Å². The summed E-state index contributed by atoms with van der Waals surface area (Å²) in [4.78, 5) is 0. The van der Waals surface area contributed by atoms with E-state index in [1.54, 1.807) is 0 Å². The second-order valence-corrected chi connectivity index (χ2v) is 16.6. The minimum absolute atomic E-state index is 0.518. The molecule has 0 spiro atoms. The molecule has 0 amide bonds. The quantitative estimate of drug-likeness (QED) is 0.0578. The Morgan fingerprint density at radius 3 is 0.571 bits per heavy atom. The fraction of sp³-hybridized carbons (Fsp3) is 1.00. The number of unbranched alkanes of at least 4 members (excludes halogenated alkanes) is 34. The molecular weight excluding hydrogens is 593 g/mol. The average molecular weight is 691 g/mol. The highest BCUT2D eigenvalue weighted by Gasteiger charge is 2.16. The van der Waals surface area contributed by atoms with Crippen molar-refractivity contribution in [3.05, 3.63) is 0 Å². The van der Waals surface area contributed by atoms with Gasteiger partial charge in [0.15, 0.2) is 0 Å². The van der Waals surface area contributed by atoms with Crippen molar-refractivity contribution in [2.24, 2.45) is 0 Å². The number of rotatable bonds is 44. The number of ether oxygens (including phenoxy) is 1. The summed E-state index contributed by atoms with van der Waals surface area (Å²) in [6.45, 7) is 9.32. The molecule has 0 bridgehead atoms. The molecule has 0 aromatic rings. The zero-order chi connectivity index (χ0) is 35.6. The van der Waals surface area contributed by atoms with Gasteiger partial charge in [0, 0.05) is 0 Å². The number of hydrogen-bond acceptors (Lipinski definition) is 1. The zero-order valence-electron chi connectivity index (χ0n) is 35.3. The predicted molar refractivity (Wildman–Crippen MR) is 225 cm³/mol. The second kappa shape index (κ2) is 44.1. The van der Waals surface area contributed by atoms with E-state index in [-0.39, 0.29) is 0 Å². The first-order valence-corrected chi connectivity index (χ1v) is 23.9. The van der Waals surface area contributed by atoms with Gasteiger partial charge in [0.05, 0.1) is 12.2 Å². The standard InChI is InChI=1S/C48H98O/c1-5-9-13-15-17-19-21-23-25-27-29-31-33-35-37-39-41-45-47(43-11-7-3)49-48(44-12-8-4)46-42-40-38-36-34-32-30-28-26-24-22-20-18-16-14-10-6-2/h47-48H,5-46H2,1-4H3. The van der Waals surface area contributed by atoms with Crippen molar-refractivity contribution in [2.75, 3.05) is 0 Å². The van der Waals surface area contributed by atoms with E-state index in [0.29, 0.717) is 12.2 Å². The lowest BCUT2D eigenvalue weighted by molar-refractivity contribution is -0.0321. The molecule has 2 unspecified atom stereocenters. The van der Waals surface area contributed by atoms with Gasteiger partial charge in [-0.25, -0.2) is 0 Å². The van der Waals surface area contributed by atoms with E-state index in [9.17, 15) is 0 Å². The van der Waals surface area contributed by atoms with Crippen LogP contribution in [0, 0.1) is 0 Å². The monoisotopic (exact) mass is 691 g/mol. The first-order chi connectivity index (χ1) is 24.3. The van der Waals surface area contributed by atoms with Gasteiger partial charge < -0.3 is 4.74 Å². The third-order valence-electron chi connectivity index (χ3n) is 11.4. The topological polar surface area (TPSA) is 9.23 Å². The van der Waals surface area contributed by atoms with Crippen molar-refractivity contribution in [1.82, 2.24) is 0 Å². The van der Waals surface area contributed by atoms with Crippen LogP contribution in [0.3, 0.4) is 0 Å². The van der Waals surface area contributed by atoms with Crippen LogP contribution in [0.15, 0.2) is 0 Å². The Labute approximate surface area is 313 Å². The second-order valence-electron chi connectivity index (χ2n) is 16.6. The van der Waals surface area contributed by atoms with E-state index in [1.165, 1.54) is 270 Å². The molecule has 0 fully saturated rings. The van der Waals surface area contributed by atoms with Crippen LogP contribution in [0.25, 0.3) is 0 Å². The van der Waals surface area contributed by atoms with E-state index in [0.717, 1.165) is 0 Å². The minimum atomic E-state index is 0.518. The molecule has 2 atom stereocenters. The van der Waals surface area contributed by atoms with Gasteiger partial charge in [-0.2, -0.15) is 0 Å². The zero-order valence-corrected chi connectivity index (χ0v) is 35.3. The van der Waals surface area contributed by atoms with E-state index in [4.69, 9.17) is 4.74 Å². The first-order valence-electron chi connectivity index (χ1n) is 23.9. The Morgan fingerprint density at radius 2 is 0.367 bits per heavy atom. The molecule has 1 heteroatoms. The van der Waals surface area contributed by atoms with Crippen LogP contribution in [0.2, 0.25) is 0 Å². The summed E-state index contributed by atoms with van der Waals surface area (Å²) < 4.78 is 6.91. The Kier molecular flexibility index (Phi) is 44.1. The minimum Gasteiger partial charge on any atom is -0.375 e. The van der Waals surface area contributed by atoms with Gasteiger partial charge in [-0.1, -0.05) is 272 Å². The fourth-order valence-electron chi connectivity index (χ4n) is 7.89. The summed E-state index contributed by atoms with van der Waals surface area (Å²) in [6.07, 6.45) is 60.9. The Morgan fingerprint density at radius 1 is 0.204 bits per heavy atom. The van der Waals surface area contributed by atoms with Crippen molar-refractivity contribution < 1.29 is 4.74 Å². The van der Waals surface area contributed by atoms with Crippen LogP contribution in [-0.2, 0) is 4.74 Å². The molecule has 1 nitrogen and oxygen atoms in total. The van der Waals surface area contributed by atoms with Gasteiger partial charge in [0.2, 0.25) is 0 Å². The van der Waals surface area contributed by atoms with Crippen molar-refractivity contribution in [1.29, 1.82) is 0 Å². The van der Waals surface area contributed by atoms with Gasteiger partial charge in [0.1, 0.15) is 0 Å². The third-order valence-corrected chi connectivity index (χ3v) is 11.4. The Hall–Kier alpha value is -0.0400. The van der Waals surface area contributed by atoms with Gasteiger partial charge in [-0.3, -0.25) is 0 Å². The first kappa shape index (κ1) is 49.0. The molecule has 0 aliphatic heterocycles. The molecule has 0 saturated carbocycles. The lowest BCUT2D eigenvalue weighted by Gasteiger charge is -2.25. The molecule has 0 N–H and O–H groups in total. The summed E-state index contributed by atoms with van der Waals surface area (Å²) in [5, 5.41) is 0. The largest absolute Gasteiger partial charge is 0.375 e. The lowest BCUT2D eigenvalue weighted by atomic mass is 10.00. The van der Waals surface area contributed by atoms with Crippen LogP contribution in [-0.4, -0.2) is 12.2 Å². The summed E-state index contributed by atoms with van der Waals surface area (Å²) in [7, 11) is 0. The van der Waals surface area contributed by atoms with Crippen molar-refractivity contribution in [2.45, 2.75) is 310 Å². The molecule has 0 aliphatic rings. The fourth-order valence-corrected chi connectivity index (χ4v) is 7.89. The third kappa shape index (κ3) is 40.6. The van der Waals surface area contributed by atoms with E-state index in [2.05, 4.69) is 27.7 Å². The van der Waals surface area contributed by atoms with Crippen LogP contribution in [0.4, 0.5) is 0 Å². The molecule has 0 radical (unpaired) electrons. The van der Waals surface area contributed by atoms with E-state index < -0.39 is 0 Å². The van der Waals surface area contributed by atoms with E-state index >= 15 is 0 Å². The van der Waals surface area contributed by atoms with Crippen LogP contribution in [0.1, 0.15) is 297 Å². The molecule has 0 saturated heterocycles. The molecule has 0 aliphatic carbocycles. The maximum Gasteiger partial charge on any atom is 0.0578 e. The highest BCUT2D eigenvalue weighted by atomic mass is 16.5. The summed E-state index contributed by atoms with van der Waals surface area (Å²) in [5.41, 5.74) is 0. The van der Waals surface area contributed by atoms with Gasteiger partial charge in [-0.15, -0.1) is 0 Å². The van der Waals surface area contributed by atoms with Crippen molar-refractivity contribution >= 4 is 0 Å².